The summed E-state index contributed by atoms with van der Waals surface area (Å²) in [7, 11) is 1.66. The maximum absolute atomic E-state index is 10.7. The van der Waals surface area contributed by atoms with E-state index in [1.54, 1.807) is 19.2 Å². The van der Waals surface area contributed by atoms with Gasteiger partial charge in [-0.3, -0.25) is 10.1 Å². The predicted molar refractivity (Wildman–Crippen MR) is 82.0 cm³/mol. The third-order valence-electron chi connectivity index (χ3n) is 3.02. The molecule has 6 nitrogen and oxygen atoms in total. The van der Waals surface area contributed by atoms with Crippen molar-refractivity contribution in [3.05, 3.63) is 63.7 Å². The molecule has 0 saturated carbocycles. The highest BCUT2D eigenvalue weighted by Crippen LogP contribution is 2.24. The fourth-order valence-electron chi connectivity index (χ4n) is 2.03. The lowest BCUT2D eigenvalue weighted by Crippen LogP contribution is -2.02. The molecule has 0 spiro atoms. The average molecular weight is 287 g/mol. The Morgan fingerprint density at radius 3 is 2.67 bits per heavy atom. The largest absolute Gasteiger partial charge is 0.393 e. The molecule has 3 N–H and O–H groups in total. The number of ether oxygens (including phenoxy) is 1. The van der Waals surface area contributed by atoms with Gasteiger partial charge in [0.05, 0.1) is 11.5 Å². The number of nitrogens with zero attached hydrogens (tertiary/aromatic N) is 1. The molecule has 0 aliphatic carbocycles. The van der Waals surface area contributed by atoms with Crippen molar-refractivity contribution in [3.63, 3.8) is 0 Å². The summed E-state index contributed by atoms with van der Waals surface area (Å²) < 4.78 is 5.10. The second-order valence-corrected chi connectivity index (χ2v) is 4.64. The lowest BCUT2D eigenvalue weighted by molar-refractivity contribution is -0.383. The minimum Gasteiger partial charge on any atom is -0.393 e. The van der Waals surface area contributed by atoms with Crippen molar-refractivity contribution < 1.29 is 9.66 Å². The molecule has 0 saturated heterocycles. The molecular weight excluding hydrogens is 270 g/mol. The summed E-state index contributed by atoms with van der Waals surface area (Å²) in [4.78, 5) is 10.2. The van der Waals surface area contributed by atoms with Crippen LogP contribution in [0.15, 0.2) is 42.5 Å². The van der Waals surface area contributed by atoms with E-state index in [2.05, 4.69) is 5.32 Å². The van der Waals surface area contributed by atoms with Gasteiger partial charge in [0, 0.05) is 25.4 Å². The number of hydrogen-bond donors (Lipinski definition) is 2. The van der Waals surface area contributed by atoms with E-state index in [4.69, 9.17) is 10.5 Å². The van der Waals surface area contributed by atoms with Gasteiger partial charge in [0.25, 0.3) is 5.69 Å². The van der Waals surface area contributed by atoms with E-state index in [-0.39, 0.29) is 11.4 Å². The van der Waals surface area contributed by atoms with Crippen LogP contribution in [0.4, 0.5) is 17.1 Å². The summed E-state index contributed by atoms with van der Waals surface area (Å²) in [5.41, 5.74) is 8.67. The van der Waals surface area contributed by atoms with Crippen molar-refractivity contribution in [2.24, 2.45) is 0 Å². The molecule has 2 aromatic rings. The van der Waals surface area contributed by atoms with Crippen molar-refractivity contribution in [3.8, 4) is 0 Å². The molecule has 110 valence electrons. The number of nitrogen functional groups attached to an aromatic ring is 1. The number of nitrogens with two attached hydrogens (primary N) is 1. The molecule has 0 aliphatic rings. The number of nitro benzene ring substituents is 1. The zero-order chi connectivity index (χ0) is 15.2. The minimum absolute atomic E-state index is 0.0809. The van der Waals surface area contributed by atoms with Crippen LogP contribution in [0.5, 0.6) is 0 Å². The molecule has 2 rings (SSSR count). The Hall–Kier alpha value is -2.60. The zero-order valence-electron chi connectivity index (χ0n) is 11.7. The first-order valence-corrected chi connectivity index (χ1v) is 6.44. The predicted octanol–water partition coefficient (Wildman–Crippen LogP) is 2.94. The van der Waals surface area contributed by atoms with Crippen molar-refractivity contribution in [1.29, 1.82) is 0 Å². The molecule has 2 aromatic carbocycles. The third kappa shape index (κ3) is 3.93. The van der Waals surface area contributed by atoms with Gasteiger partial charge in [-0.2, -0.15) is 0 Å². The van der Waals surface area contributed by atoms with Crippen LogP contribution in [0.25, 0.3) is 0 Å². The summed E-state index contributed by atoms with van der Waals surface area (Å²) in [6.07, 6.45) is 0. The Morgan fingerprint density at radius 1 is 1.24 bits per heavy atom. The average Bonchev–Trinajstić information content (AvgIpc) is 2.45. The van der Waals surface area contributed by atoms with E-state index in [0.29, 0.717) is 13.2 Å². The molecule has 0 atom stereocenters. The number of hydrogen-bond acceptors (Lipinski definition) is 5. The number of nitrogens with one attached hydrogen (secondary N) is 1. The number of rotatable bonds is 6. The second kappa shape index (κ2) is 6.71. The topological polar surface area (TPSA) is 90.4 Å². The van der Waals surface area contributed by atoms with E-state index < -0.39 is 4.92 Å². The number of methoxy groups -OCH3 is 1. The molecule has 0 heterocycles. The molecule has 0 fully saturated rings. The minimum atomic E-state index is -0.493. The lowest BCUT2D eigenvalue weighted by atomic mass is 10.1. The molecule has 0 amide bonds. The van der Waals surface area contributed by atoms with Gasteiger partial charge in [-0.1, -0.05) is 24.3 Å². The van der Waals surface area contributed by atoms with Gasteiger partial charge >= 0.3 is 0 Å². The highest BCUT2D eigenvalue weighted by atomic mass is 16.6. The summed E-state index contributed by atoms with van der Waals surface area (Å²) in [5.74, 6) is 0. The van der Waals surface area contributed by atoms with Crippen LogP contribution in [0.2, 0.25) is 0 Å². The summed E-state index contributed by atoms with van der Waals surface area (Å²) in [5, 5.41) is 13.9. The zero-order valence-corrected chi connectivity index (χ0v) is 11.7. The molecule has 0 aromatic heterocycles. The Balaban J connectivity index is 2.04. The Kier molecular flexibility index (Phi) is 4.73. The summed E-state index contributed by atoms with van der Waals surface area (Å²) in [6.45, 7) is 1.17. The quantitative estimate of drug-likeness (QED) is 0.484. The van der Waals surface area contributed by atoms with Gasteiger partial charge in [-0.15, -0.1) is 0 Å². The van der Waals surface area contributed by atoms with Crippen LogP contribution < -0.4 is 11.1 Å². The number of nitro groups is 1. The molecule has 0 bridgehead atoms. The first-order chi connectivity index (χ1) is 10.1. The highest BCUT2D eigenvalue weighted by Gasteiger charge is 2.10. The maximum atomic E-state index is 10.7. The Labute approximate surface area is 122 Å². The van der Waals surface area contributed by atoms with Crippen molar-refractivity contribution in [2.75, 3.05) is 18.2 Å². The van der Waals surface area contributed by atoms with Crippen molar-refractivity contribution in [2.45, 2.75) is 13.2 Å². The van der Waals surface area contributed by atoms with Crippen molar-refractivity contribution in [1.82, 2.24) is 0 Å². The fourth-order valence-corrected chi connectivity index (χ4v) is 2.03. The van der Waals surface area contributed by atoms with E-state index in [0.717, 1.165) is 16.8 Å². The van der Waals surface area contributed by atoms with E-state index in [1.807, 2.05) is 24.3 Å². The van der Waals surface area contributed by atoms with Gasteiger partial charge in [0.2, 0.25) is 0 Å². The molecule has 0 unspecified atom stereocenters. The lowest BCUT2D eigenvalue weighted by Gasteiger charge is -2.09. The van der Waals surface area contributed by atoms with E-state index >= 15 is 0 Å². The highest BCUT2D eigenvalue weighted by molar-refractivity contribution is 5.65. The first-order valence-electron chi connectivity index (χ1n) is 6.44. The van der Waals surface area contributed by atoms with Gasteiger partial charge < -0.3 is 15.8 Å². The second-order valence-electron chi connectivity index (χ2n) is 4.64. The first kappa shape index (κ1) is 14.8. The summed E-state index contributed by atoms with van der Waals surface area (Å²) in [6, 6.07) is 12.6. The molecule has 21 heavy (non-hydrogen) atoms. The molecular formula is C15H17N3O3. The van der Waals surface area contributed by atoms with E-state index in [9.17, 15) is 10.1 Å². The van der Waals surface area contributed by atoms with Crippen LogP contribution in [-0.4, -0.2) is 12.0 Å². The Bertz CT molecular complexity index is 644. The molecule has 0 aliphatic heterocycles. The van der Waals surface area contributed by atoms with Crippen LogP contribution in [-0.2, 0) is 17.9 Å². The number of anilines is 2. The van der Waals surface area contributed by atoms with Gasteiger partial charge in [-0.05, 0) is 23.3 Å². The van der Waals surface area contributed by atoms with Crippen LogP contribution in [0.1, 0.15) is 11.1 Å². The smallest absolute Gasteiger partial charge is 0.292 e. The molecule has 6 heteroatoms. The fraction of sp³-hybridized carbons (Fsp3) is 0.200. The van der Waals surface area contributed by atoms with Crippen LogP contribution in [0.3, 0.4) is 0 Å². The van der Waals surface area contributed by atoms with Gasteiger partial charge in [0.15, 0.2) is 0 Å². The third-order valence-corrected chi connectivity index (χ3v) is 3.02. The molecule has 0 radical (unpaired) electrons. The van der Waals surface area contributed by atoms with Gasteiger partial charge in [0.1, 0.15) is 5.69 Å². The maximum Gasteiger partial charge on any atom is 0.292 e. The Morgan fingerprint density at radius 2 is 2.00 bits per heavy atom. The monoisotopic (exact) mass is 287 g/mol. The number of benzene rings is 2. The standard InChI is InChI=1S/C15H17N3O3/c1-21-10-12-4-2-3-11(7-12)9-17-13-5-6-15(18(19)20)14(16)8-13/h2-8,17H,9-10,16H2,1H3. The van der Waals surface area contributed by atoms with Crippen molar-refractivity contribution >= 4 is 17.1 Å². The van der Waals surface area contributed by atoms with Gasteiger partial charge in [-0.25, -0.2) is 0 Å². The SMILES string of the molecule is COCc1cccc(CNc2ccc([N+](=O)[O-])c(N)c2)c1. The normalized spacial score (nSPS) is 10.3. The van der Waals surface area contributed by atoms with Crippen LogP contribution >= 0.6 is 0 Å². The van der Waals surface area contributed by atoms with Crippen LogP contribution in [0, 0.1) is 10.1 Å². The van der Waals surface area contributed by atoms with E-state index in [1.165, 1.54) is 6.07 Å². The summed E-state index contributed by atoms with van der Waals surface area (Å²) >= 11 is 0.